The molecule has 0 spiro atoms. The van der Waals surface area contributed by atoms with Crippen molar-refractivity contribution in [3.05, 3.63) is 17.5 Å². The fourth-order valence-corrected chi connectivity index (χ4v) is 2.24. The number of aromatic nitrogens is 2. The van der Waals surface area contributed by atoms with Crippen LogP contribution in [-0.2, 0) is 18.3 Å². The van der Waals surface area contributed by atoms with Gasteiger partial charge < -0.3 is 4.74 Å². The van der Waals surface area contributed by atoms with Gasteiger partial charge in [-0.3, -0.25) is 9.58 Å². The van der Waals surface area contributed by atoms with Gasteiger partial charge in [0.25, 0.3) is 6.43 Å². The molecule has 102 valence electrons. The lowest BCUT2D eigenvalue weighted by molar-refractivity contribution is 0.0237. The second-order valence-corrected chi connectivity index (χ2v) is 4.65. The zero-order valence-electron chi connectivity index (χ0n) is 10.8. The van der Waals surface area contributed by atoms with Gasteiger partial charge in [-0.05, 0) is 13.3 Å². The molecule has 2 rings (SSSR count). The third-order valence-electron chi connectivity index (χ3n) is 3.55. The van der Waals surface area contributed by atoms with Gasteiger partial charge in [-0.25, -0.2) is 8.78 Å². The number of hydrogen-bond donors (Lipinski definition) is 0. The summed E-state index contributed by atoms with van der Waals surface area (Å²) in [6, 6.07) is -0.716. The molecular formula is C12H19F2N3O. The number of hydrogen-bond acceptors (Lipinski definition) is 3. The topological polar surface area (TPSA) is 30.3 Å². The molecule has 1 aliphatic rings. The predicted molar refractivity (Wildman–Crippen MR) is 63.6 cm³/mol. The van der Waals surface area contributed by atoms with E-state index in [0.717, 1.165) is 11.3 Å². The molecule has 1 aromatic rings. The van der Waals surface area contributed by atoms with Gasteiger partial charge in [0.1, 0.15) is 0 Å². The second kappa shape index (κ2) is 5.75. The van der Waals surface area contributed by atoms with Crippen LogP contribution >= 0.6 is 0 Å². The van der Waals surface area contributed by atoms with E-state index in [9.17, 15) is 8.78 Å². The van der Waals surface area contributed by atoms with E-state index >= 15 is 0 Å². The van der Waals surface area contributed by atoms with Crippen molar-refractivity contribution in [3.63, 3.8) is 0 Å². The average molecular weight is 259 g/mol. The molecule has 1 fully saturated rings. The SMILES string of the molecule is Cc1c(CN2CCOCCC2C(F)F)cnn1C. The van der Waals surface area contributed by atoms with Crippen LogP contribution in [0.25, 0.3) is 0 Å². The fourth-order valence-electron chi connectivity index (χ4n) is 2.24. The second-order valence-electron chi connectivity index (χ2n) is 4.65. The van der Waals surface area contributed by atoms with E-state index in [1.807, 2.05) is 18.9 Å². The van der Waals surface area contributed by atoms with Gasteiger partial charge in [-0.15, -0.1) is 0 Å². The lowest BCUT2D eigenvalue weighted by Crippen LogP contribution is -2.40. The molecule has 0 bridgehead atoms. The van der Waals surface area contributed by atoms with Crippen molar-refractivity contribution in [1.29, 1.82) is 0 Å². The molecule has 0 radical (unpaired) electrons. The highest BCUT2D eigenvalue weighted by atomic mass is 19.3. The predicted octanol–water partition coefficient (Wildman–Crippen LogP) is 1.58. The van der Waals surface area contributed by atoms with Gasteiger partial charge in [-0.1, -0.05) is 0 Å². The van der Waals surface area contributed by atoms with E-state index in [1.165, 1.54) is 0 Å². The van der Waals surface area contributed by atoms with Crippen molar-refractivity contribution < 1.29 is 13.5 Å². The summed E-state index contributed by atoms with van der Waals surface area (Å²) in [6.45, 7) is 3.94. The summed E-state index contributed by atoms with van der Waals surface area (Å²) in [5.74, 6) is 0. The van der Waals surface area contributed by atoms with Crippen molar-refractivity contribution in [2.24, 2.45) is 7.05 Å². The summed E-state index contributed by atoms with van der Waals surface area (Å²) >= 11 is 0. The Labute approximate surface area is 106 Å². The van der Waals surface area contributed by atoms with Crippen molar-refractivity contribution >= 4 is 0 Å². The van der Waals surface area contributed by atoms with Crippen LogP contribution in [-0.4, -0.2) is 46.9 Å². The van der Waals surface area contributed by atoms with Crippen LogP contribution in [0.3, 0.4) is 0 Å². The van der Waals surface area contributed by atoms with Gasteiger partial charge in [0.15, 0.2) is 0 Å². The Hall–Kier alpha value is -1.01. The maximum Gasteiger partial charge on any atom is 0.253 e. The molecule has 1 atom stereocenters. The number of ether oxygens (including phenoxy) is 1. The van der Waals surface area contributed by atoms with Crippen LogP contribution in [0.2, 0.25) is 0 Å². The monoisotopic (exact) mass is 259 g/mol. The van der Waals surface area contributed by atoms with E-state index < -0.39 is 12.5 Å². The molecule has 0 saturated carbocycles. The van der Waals surface area contributed by atoms with Gasteiger partial charge in [-0.2, -0.15) is 5.10 Å². The molecule has 0 amide bonds. The quantitative estimate of drug-likeness (QED) is 0.825. The molecule has 2 heterocycles. The third kappa shape index (κ3) is 2.87. The van der Waals surface area contributed by atoms with Crippen LogP contribution in [0.4, 0.5) is 8.78 Å². The largest absolute Gasteiger partial charge is 0.380 e. The maximum atomic E-state index is 13.0. The maximum absolute atomic E-state index is 13.0. The standard InChI is InChI=1S/C12H19F2N3O/c1-9-10(7-15-16(9)2)8-17-4-6-18-5-3-11(17)12(13)14/h7,11-12H,3-6,8H2,1-2H3. The van der Waals surface area contributed by atoms with Crippen LogP contribution in [0, 0.1) is 6.92 Å². The van der Waals surface area contributed by atoms with Gasteiger partial charge in [0.05, 0.1) is 18.8 Å². The van der Waals surface area contributed by atoms with Crippen molar-refractivity contribution in [2.75, 3.05) is 19.8 Å². The van der Waals surface area contributed by atoms with Gasteiger partial charge in [0, 0.05) is 38.0 Å². The first-order valence-corrected chi connectivity index (χ1v) is 6.17. The molecule has 1 aromatic heterocycles. The zero-order valence-corrected chi connectivity index (χ0v) is 10.8. The highest BCUT2D eigenvalue weighted by Crippen LogP contribution is 2.20. The number of aryl methyl sites for hydroxylation is 1. The number of nitrogens with zero attached hydrogens (tertiary/aromatic N) is 3. The number of rotatable bonds is 3. The molecule has 0 aliphatic carbocycles. The minimum atomic E-state index is -2.33. The van der Waals surface area contributed by atoms with E-state index in [-0.39, 0.29) is 0 Å². The van der Waals surface area contributed by atoms with E-state index in [4.69, 9.17) is 4.74 Å². The van der Waals surface area contributed by atoms with Crippen molar-refractivity contribution in [3.8, 4) is 0 Å². The van der Waals surface area contributed by atoms with E-state index in [1.54, 1.807) is 10.9 Å². The smallest absolute Gasteiger partial charge is 0.253 e. The first-order chi connectivity index (χ1) is 8.59. The first-order valence-electron chi connectivity index (χ1n) is 6.17. The van der Waals surface area contributed by atoms with Crippen LogP contribution in [0.1, 0.15) is 17.7 Å². The minimum Gasteiger partial charge on any atom is -0.380 e. The molecular weight excluding hydrogens is 240 g/mol. The summed E-state index contributed by atoms with van der Waals surface area (Å²) in [5.41, 5.74) is 2.03. The van der Waals surface area contributed by atoms with E-state index in [0.29, 0.717) is 32.7 Å². The molecule has 0 N–H and O–H groups in total. The third-order valence-corrected chi connectivity index (χ3v) is 3.55. The molecule has 0 aromatic carbocycles. The summed E-state index contributed by atoms with van der Waals surface area (Å²) in [6.07, 6.45) is -0.190. The van der Waals surface area contributed by atoms with Crippen molar-refractivity contribution in [1.82, 2.24) is 14.7 Å². The lowest BCUT2D eigenvalue weighted by Gasteiger charge is -2.28. The van der Waals surface area contributed by atoms with Crippen LogP contribution < -0.4 is 0 Å². The molecule has 1 aliphatic heterocycles. The number of halogens is 2. The van der Waals surface area contributed by atoms with Gasteiger partial charge in [0.2, 0.25) is 0 Å². The van der Waals surface area contributed by atoms with E-state index in [2.05, 4.69) is 5.10 Å². The molecule has 18 heavy (non-hydrogen) atoms. The van der Waals surface area contributed by atoms with Gasteiger partial charge >= 0.3 is 0 Å². The Balaban J connectivity index is 2.11. The Morgan fingerprint density at radius 3 is 2.89 bits per heavy atom. The minimum absolute atomic E-state index is 0.386. The molecule has 1 saturated heterocycles. The zero-order chi connectivity index (χ0) is 13.1. The Bertz CT molecular complexity index is 395. The first kappa shape index (κ1) is 13.4. The summed E-state index contributed by atoms with van der Waals surface area (Å²) in [7, 11) is 1.86. The molecule has 4 nitrogen and oxygen atoms in total. The Morgan fingerprint density at radius 2 is 2.28 bits per heavy atom. The molecule has 1 unspecified atom stereocenters. The summed E-state index contributed by atoms with van der Waals surface area (Å²) in [4.78, 5) is 1.81. The summed E-state index contributed by atoms with van der Waals surface area (Å²) < 4.78 is 33.1. The average Bonchev–Trinajstić information content (AvgIpc) is 2.57. The highest BCUT2D eigenvalue weighted by molar-refractivity contribution is 5.15. The van der Waals surface area contributed by atoms with Crippen LogP contribution in [0.5, 0.6) is 0 Å². The van der Waals surface area contributed by atoms with Crippen LogP contribution in [0.15, 0.2) is 6.20 Å². The summed E-state index contributed by atoms with van der Waals surface area (Å²) in [5, 5.41) is 4.15. The molecule has 6 heteroatoms. The Morgan fingerprint density at radius 1 is 1.50 bits per heavy atom. The number of alkyl halides is 2. The fraction of sp³-hybridized carbons (Fsp3) is 0.750. The Kier molecular flexibility index (Phi) is 4.29. The van der Waals surface area contributed by atoms with Crippen molar-refractivity contribution in [2.45, 2.75) is 32.4 Å². The highest BCUT2D eigenvalue weighted by Gasteiger charge is 2.29. The normalized spacial score (nSPS) is 22.4. The lowest BCUT2D eigenvalue weighted by atomic mass is 10.1.